The molecule has 0 aliphatic heterocycles. The highest BCUT2D eigenvalue weighted by Gasteiger charge is 2.26. The number of nitrogens with zero attached hydrogens (tertiary/aromatic N) is 4. The molecule has 0 saturated heterocycles. The zero-order valence-electron chi connectivity index (χ0n) is 18.8. The number of fused-ring (bicyclic) bond motifs is 14. The summed E-state index contributed by atoms with van der Waals surface area (Å²) in [4.78, 5) is 13.9. The maximum atomic E-state index is 5.05. The number of pyridine rings is 3. The first-order chi connectivity index (χ1) is 17.3. The fourth-order valence-corrected chi connectivity index (χ4v) is 6.42. The third-order valence-electron chi connectivity index (χ3n) is 7.96. The van der Waals surface area contributed by atoms with Crippen molar-refractivity contribution in [1.82, 2.24) is 19.4 Å². The molecule has 0 unspecified atom stereocenters. The molecule has 3 aromatic carbocycles. The summed E-state index contributed by atoms with van der Waals surface area (Å²) in [5, 5.41) is 3.52. The average molecular weight is 447 g/mol. The van der Waals surface area contributed by atoms with Gasteiger partial charge >= 0.3 is 0 Å². The monoisotopic (exact) mass is 446 g/mol. The molecule has 0 N–H and O–H groups in total. The Morgan fingerprint density at radius 2 is 1.34 bits per heavy atom. The van der Waals surface area contributed by atoms with E-state index in [1.165, 1.54) is 55.3 Å². The topological polar surface area (TPSA) is 43.1 Å². The van der Waals surface area contributed by atoms with E-state index in [1.807, 2.05) is 30.9 Å². The van der Waals surface area contributed by atoms with Crippen LogP contribution in [0.2, 0.25) is 0 Å². The maximum absolute atomic E-state index is 5.05. The quantitative estimate of drug-likeness (QED) is 0.243. The molecule has 0 spiro atoms. The van der Waals surface area contributed by atoms with Gasteiger partial charge in [0.1, 0.15) is 5.65 Å². The second kappa shape index (κ2) is 6.10. The van der Waals surface area contributed by atoms with Gasteiger partial charge in [0.15, 0.2) is 0 Å². The Kier molecular flexibility index (Phi) is 3.11. The van der Waals surface area contributed by atoms with Crippen LogP contribution in [0.25, 0.3) is 60.6 Å². The van der Waals surface area contributed by atoms with E-state index in [2.05, 4.69) is 69.0 Å². The van der Waals surface area contributed by atoms with Crippen LogP contribution in [0.15, 0.2) is 85.5 Å². The van der Waals surface area contributed by atoms with Crippen molar-refractivity contribution in [2.75, 3.05) is 0 Å². The van der Waals surface area contributed by atoms with E-state index in [4.69, 9.17) is 4.98 Å². The Bertz CT molecular complexity index is 2070. The lowest BCUT2D eigenvalue weighted by molar-refractivity contribution is 1.21. The Balaban J connectivity index is 1.39. The highest BCUT2D eigenvalue weighted by molar-refractivity contribution is 6.15. The molecule has 35 heavy (non-hydrogen) atoms. The van der Waals surface area contributed by atoms with Crippen molar-refractivity contribution in [3.05, 3.63) is 108 Å². The van der Waals surface area contributed by atoms with Gasteiger partial charge in [-0.15, -0.1) is 0 Å². The van der Waals surface area contributed by atoms with Crippen molar-refractivity contribution in [3.63, 3.8) is 0 Å². The fraction of sp³-hybridized carbons (Fsp3) is 0.0645. The normalized spacial score (nSPS) is 13.5. The maximum Gasteiger partial charge on any atom is 0.146 e. The zero-order valence-corrected chi connectivity index (χ0v) is 18.8. The summed E-state index contributed by atoms with van der Waals surface area (Å²) in [7, 11) is 0. The zero-order chi connectivity index (χ0) is 22.7. The third kappa shape index (κ3) is 2.20. The molecule has 0 radical (unpaired) electrons. The largest absolute Gasteiger partial charge is 0.290 e. The predicted octanol–water partition coefficient (Wildman–Crippen LogP) is 6.73. The van der Waals surface area contributed by atoms with Crippen LogP contribution in [-0.2, 0) is 12.8 Å². The molecule has 4 heterocycles. The first-order valence-electron chi connectivity index (χ1n) is 12.0. The first kappa shape index (κ1) is 17.8. The van der Waals surface area contributed by atoms with Crippen LogP contribution in [-0.4, -0.2) is 19.4 Å². The van der Waals surface area contributed by atoms with Gasteiger partial charge in [0, 0.05) is 29.4 Å². The van der Waals surface area contributed by atoms with E-state index in [0.717, 1.165) is 40.4 Å². The van der Waals surface area contributed by atoms with Gasteiger partial charge in [0.2, 0.25) is 0 Å². The van der Waals surface area contributed by atoms with Crippen LogP contribution in [0.4, 0.5) is 0 Å². The molecular weight excluding hydrogens is 428 g/mol. The molecule has 0 amide bonds. The second-order valence-corrected chi connectivity index (χ2v) is 9.76. The first-order valence-corrected chi connectivity index (χ1v) is 12.0. The molecular formula is C31H18N4. The van der Waals surface area contributed by atoms with Crippen molar-refractivity contribution in [2.45, 2.75) is 12.8 Å². The number of aromatic nitrogens is 4. The molecule has 7 aromatic rings. The number of hydrogen-bond donors (Lipinski definition) is 0. The molecule has 9 rings (SSSR count). The van der Waals surface area contributed by atoms with E-state index < -0.39 is 0 Å². The van der Waals surface area contributed by atoms with Crippen LogP contribution in [0.5, 0.6) is 0 Å². The number of hydrogen-bond acceptors (Lipinski definition) is 3. The fourth-order valence-electron chi connectivity index (χ4n) is 6.42. The van der Waals surface area contributed by atoms with Crippen LogP contribution in [0.3, 0.4) is 0 Å². The van der Waals surface area contributed by atoms with E-state index in [-0.39, 0.29) is 0 Å². The van der Waals surface area contributed by atoms with Gasteiger partial charge in [-0.3, -0.25) is 14.4 Å². The van der Waals surface area contributed by atoms with Gasteiger partial charge in [-0.05, 0) is 93.1 Å². The van der Waals surface area contributed by atoms with Crippen LogP contribution < -0.4 is 0 Å². The van der Waals surface area contributed by atoms with Crippen molar-refractivity contribution in [1.29, 1.82) is 0 Å². The van der Waals surface area contributed by atoms with Crippen molar-refractivity contribution < 1.29 is 0 Å². The van der Waals surface area contributed by atoms with Gasteiger partial charge in [-0.25, -0.2) is 4.98 Å². The minimum atomic E-state index is 0.962. The molecule has 162 valence electrons. The van der Waals surface area contributed by atoms with E-state index in [0.29, 0.717) is 0 Å². The summed E-state index contributed by atoms with van der Waals surface area (Å²) >= 11 is 0. The lowest BCUT2D eigenvalue weighted by atomic mass is 9.96. The Labute approximate surface area is 200 Å². The SMILES string of the molecule is c1ccc2c(c1)Cc1cc3c(cc1-2)-c1cc2c4cnccc4n4c5cnccc5nc4c2cc1C3. The van der Waals surface area contributed by atoms with Crippen LogP contribution >= 0.6 is 0 Å². The summed E-state index contributed by atoms with van der Waals surface area (Å²) in [6.45, 7) is 0. The molecule has 2 aliphatic rings. The average Bonchev–Trinajstić information content (AvgIpc) is 3.57. The molecule has 0 atom stereocenters. The lowest BCUT2D eigenvalue weighted by Crippen LogP contribution is -1.93. The summed E-state index contributed by atoms with van der Waals surface area (Å²) < 4.78 is 2.24. The minimum Gasteiger partial charge on any atom is -0.290 e. The van der Waals surface area contributed by atoms with E-state index in [9.17, 15) is 0 Å². The second-order valence-electron chi connectivity index (χ2n) is 9.76. The Morgan fingerprint density at radius 1 is 0.571 bits per heavy atom. The summed E-state index contributed by atoms with van der Waals surface area (Å²) in [5.41, 5.74) is 15.3. The Morgan fingerprint density at radius 3 is 2.31 bits per heavy atom. The highest BCUT2D eigenvalue weighted by atomic mass is 15.0. The predicted molar refractivity (Wildman–Crippen MR) is 140 cm³/mol. The third-order valence-corrected chi connectivity index (χ3v) is 7.96. The van der Waals surface area contributed by atoms with Gasteiger partial charge < -0.3 is 0 Å². The lowest BCUT2D eigenvalue weighted by Gasteiger charge is -2.11. The molecule has 2 aliphatic carbocycles. The Hall–Kier alpha value is -4.57. The highest BCUT2D eigenvalue weighted by Crippen LogP contribution is 2.46. The summed E-state index contributed by atoms with van der Waals surface area (Å²) in [6.07, 6.45) is 9.56. The minimum absolute atomic E-state index is 0.962. The van der Waals surface area contributed by atoms with Gasteiger partial charge in [-0.2, -0.15) is 0 Å². The summed E-state index contributed by atoms with van der Waals surface area (Å²) in [6, 6.07) is 22.5. The van der Waals surface area contributed by atoms with Gasteiger partial charge in [-0.1, -0.05) is 30.3 Å². The number of benzene rings is 3. The molecule has 4 heteroatoms. The molecule has 4 aromatic heterocycles. The molecule has 0 saturated carbocycles. The number of rotatable bonds is 0. The molecule has 0 fully saturated rings. The van der Waals surface area contributed by atoms with Gasteiger partial charge in [0.05, 0.1) is 22.7 Å². The van der Waals surface area contributed by atoms with Crippen LogP contribution in [0, 0.1) is 0 Å². The van der Waals surface area contributed by atoms with Crippen molar-refractivity contribution >= 4 is 38.4 Å². The van der Waals surface area contributed by atoms with Crippen molar-refractivity contribution in [3.8, 4) is 22.3 Å². The van der Waals surface area contributed by atoms with E-state index in [1.54, 1.807) is 0 Å². The van der Waals surface area contributed by atoms with Crippen LogP contribution in [0.1, 0.15) is 22.3 Å². The number of imidazole rings is 1. The van der Waals surface area contributed by atoms with E-state index >= 15 is 0 Å². The van der Waals surface area contributed by atoms with Gasteiger partial charge in [0.25, 0.3) is 0 Å². The molecule has 4 nitrogen and oxygen atoms in total. The van der Waals surface area contributed by atoms with Crippen molar-refractivity contribution in [2.24, 2.45) is 0 Å². The smallest absolute Gasteiger partial charge is 0.146 e. The standard InChI is InChI=1S/C31H18N4/c1-2-4-21-17(3-1)9-18-10-19-11-20-12-26-25(14-24(20)23(19)13-22(18)21)27-15-32-8-6-29(27)35-30-16-33-7-5-28(30)34-31(26)35/h1-8,10,12-16H,9,11H2. The molecule has 0 bridgehead atoms. The summed E-state index contributed by atoms with van der Waals surface area (Å²) in [5.74, 6) is 0.